The molecular weight excluding hydrogens is 383 g/mol. The quantitative estimate of drug-likeness (QED) is 0.566. The van der Waals surface area contributed by atoms with Crippen LogP contribution in [0.15, 0.2) is 53.9 Å². The number of anilines is 1. The van der Waals surface area contributed by atoms with Crippen LogP contribution < -0.4 is 5.32 Å². The van der Waals surface area contributed by atoms with E-state index < -0.39 is 0 Å². The summed E-state index contributed by atoms with van der Waals surface area (Å²) in [4.78, 5) is 28.0. The predicted molar refractivity (Wildman–Crippen MR) is 109 cm³/mol. The SMILES string of the molecule is CC(=O)c1cccc(NC(=O)CSCc2csc(-c3ccc(F)cc3)n2)c1. The zero-order valence-electron chi connectivity index (χ0n) is 14.6. The molecular formula is C20H17FN2O2S2. The van der Waals surface area contributed by atoms with Crippen LogP contribution in [0.1, 0.15) is 23.0 Å². The van der Waals surface area contributed by atoms with Crippen molar-refractivity contribution >= 4 is 40.5 Å². The minimum absolute atomic E-state index is 0.0408. The van der Waals surface area contributed by atoms with Crippen LogP contribution in [-0.4, -0.2) is 22.4 Å². The number of halogens is 1. The largest absolute Gasteiger partial charge is 0.325 e. The first kappa shape index (κ1) is 19.3. The Kier molecular flexibility index (Phi) is 6.36. The molecule has 138 valence electrons. The third kappa shape index (κ3) is 5.48. The number of nitrogens with one attached hydrogen (secondary N) is 1. The summed E-state index contributed by atoms with van der Waals surface area (Å²) in [5, 5.41) is 5.57. The Labute approximate surface area is 164 Å². The molecule has 0 aliphatic heterocycles. The second-order valence-corrected chi connectivity index (χ2v) is 7.67. The maximum atomic E-state index is 13.0. The van der Waals surface area contributed by atoms with Crippen molar-refractivity contribution < 1.29 is 14.0 Å². The Hall–Kier alpha value is -2.51. The number of Topliss-reactive ketones (excluding diaryl/α,β-unsaturated/α-hetero) is 1. The number of nitrogens with zero attached hydrogens (tertiary/aromatic N) is 1. The fourth-order valence-corrected chi connectivity index (χ4v) is 4.01. The molecule has 0 unspecified atom stereocenters. The molecule has 7 heteroatoms. The summed E-state index contributed by atoms with van der Waals surface area (Å²) in [6.45, 7) is 1.49. The Bertz CT molecular complexity index is 955. The third-order valence-corrected chi connectivity index (χ3v) is 5.59. The molecule has 0 radical (unpaired) electrons. The fraction of sp³-hybridized carbons (Fsp3) is 0.150. The molecule has 0 saturated carbocycles. The number of hydrogen-bond donors (Lipinski definition) is 1. The highest BCUT2D eigenvalue weighted by Crippen LogP contribution is 2.25. The molecule has 1 aromatic heterocycles. The first-order valence-corrected chi connectivity index (χ1v) is 10.2. The van der Waals surface area contributed by atoms with Gasteiger partial charge in [0.25, 0.3) is 0 Å². The maximum absolute atomic E-state index is 13.0. The Morgan fingerprint density at radius 1 is 1.19 bits per heavy atom. The van der Waals surface area contributed by atoms with Gasteiger partial charge in [0.1, 0.15) is 10.8 Å². The lowest BCUT2D eigenvalue weighted by atomic mass is 10.1. The highest BCUT2D eigenvalue weighted by atomic mass is 32.2. The van der Waals surface area contributed by atoms with Crippen LogP contribution in [0.25, 0.3) is 10.6 Å². The normalized spacial score (nSPS) is 10.6. The number of amides is 1. The third-order valence-electron chi connectivity index (χ3n) is 3.68. The van der Waals surface area contributed by atoms with Gasteiger partial charge in [0.05, 0.1) is 11.4 Å². The van der Waals surface area contributed by atoms with E-state index in [1.165, 1.54) is 42.2 Å². The summed E-state index contributed by atoms with van der Waals surface area (Å²) < 4.78 is 13.0. The lowest BCUT2D eigenvalue weighted by molar-refractivity contribution is -0.113. The lowest BCUT2D eigenvalue weighted by Gasteiger charge is -2.06. The van der Waals surface area contributed by atoms with E-state index in [4.69, 9.17) is 0 Å². The molecule has 0 fully saturated rings. The van der Waals surface area contributed by atoms with E-state index in [2.05, 4.69) is 10.3 Å². The van der Waals surface area contributed by atoms with Crippen molar-refractivity contribution in [2.24, 2.45) is 0 Å². The van der Waals surface area contributed by atoms with Crippen molar-refractivity contribution in [3.8, 4) is 10.6 Å². The van der Waals surface area contributed by atoms with E-state index >= 15 is 0 Å². The molecule has 1 heterocycles. The van der Waals surface area contributed by atoms with Crippen molar-refractivity contribution in [2.45, 2.75) is 12.7 Å². The number of rotatable bonds is 7. The van der Waals surface area contributed by atoms with Gasteiger partial charge in [-0.1, -0.05) is 12.1 Å². The molecule has 2 aromatic carbocycles. The van der Waals surface area contributed by atoms with Crippen molar-refractivity contribution in [3.05, 3.63) is 71.0 Å². The minimum Gasteiger partial charge on any atom is -0.325 e. The van der Waals surface area contributed by atoms with Gasteiger partial charge in [-0.25, -0.2) is 9.37 Å². The zero-order valence-corrected chi connectivity index (χ0v) is 16.2. The zero-order chi connectivity index (χ0) is 19.2. The summed E-state index contributed by atoms with van der Waals surface area (Å²) in [6.07, 6.45) is 0. The second kappa shape index (κ2) is 8.92. The number of carbonyl (C=O) groups is 2. The lowest BCUT2D eigenvalue weighted by Crippen LogP contribution is -2.14. The number of carbonyl (C=O) groups excluding carboxylic acids is 2. The average molecular weight is 401 g/mol. The van der Waals surface area contributed by atoms with Crippen molar-refractivity contribution in [3.63, 3.8) is 0 Å². The fourth-order valence-electron chi connectivity index (χ4n) is 2.36. The standard InChI is InChI=1S/C20H17FN2O2S2/c1-13(24)15-3-2-4-17(9-15)22-19(25)12-26-10-18-11-27-20(23-18)14-5-7-16(21)8-6-14/h2-9,11H,10,12H2,1H3,(H,22,25). The van der Waals surface area contributed by atoms with E-state index in [0.717, 1.165) is 16.3 Å². The van der Waals surface area contributed by atoms with Crippen molar-refractivity contribution in [2.75, 3.05) is 11.1 Å². The molecule has 3 rings (SSSR count). The smallest absolute Gasteiger partial charge is 0.234 e. The Balaban J connectivity index is 1.50. The molecule has 4 nitrogen and oxygen atoms in total. The number of ketones is 1. The van der Waals surface area contributed by atoms with Gasteiger partial charge in [-0.3, -0.25) is 9.59 Å². The number of benzene rings is 2. The van der Waals surface area contributed by atoms with Crippen LogP contribution >= 0.6 is 23.1 Å². The minimum atomic E-state index is -0.272. The monoisotopic (exact) mass is 400 g/mol. The van der Waals surface area contributed by atoms with E-state index in [1.807, 2.05) is 5.38 Å². The molecule has 0 spiro atoms. The highest BCUT2D eigenvalue weighted by Gasteiger charge is 2.08. The predicted octanol–water partition coefficient (Wildman–Crippen LogP) is 5.02. The Morgan fingerprint density at radius 2 is 1.96 bits per heavy atom. The van der Waals surface area contributed by atoms with Gasteiger partial charge in [0.2, 0.25) is 5.91 Å². The molecule has 0 saturated heterocycles. The average Bonchev–Trinajstić information content (AvgIpc) is 3.11. The van der Waals surface area contributed by atoms with Gasteiger partial charge >= 0.3 is 0 Å². The second-order valence-electron chi connectivity index (χ2n) is 5.83. The summed E-state index contributed by atoms with van der Waals surface area (Å²) >= 11 is 2.96. The van der Waals surface area contributed by atoms with Crippen molar-refractivity contribution in [1.29, 1.82) is 0 Å². The summed E-state index contributed by atoms with van der Waals surface area (Å²) in [5.41, 5.74) is 2.94. The van der Waals surface area contributed by atoms with Crippen LogP contribution in [0.3, 0.4) is 0 Å². The Morgan fingerprint density at radius 3 is 2.70 bits per heavy atom. The molecule has 0 aliphatic rings. The molecule has 1 amide bonds. The van der Waals surface area contributed by atoms with Gasteiger partial charge < -0.3 is 5.32 Å². The topological polar surface area (TPSA) is 59.1 Å². The van der Waals surface area contributed by atoms with Crippen LogP contribution in [0, 0.1) is 5.82 Å². The van der Waals surface area contributed by atoms with Gasteiger partial charge in [0.15, 0.2) is 5.78 Å². The van der Waals surface area contributed by atoms with Gasteiger partial charge in [0, 0.05) is 27.9 Å². The molecule has 0 bridgehead atoms. The van der Waals surface area contributed by atoms with Crippen LogP contribution in [0.4, 0.5) is 10.1 Å². The van der Waals surface area contributed by atoms with Gasteiger partial charge in [-0.05, 0) is 43.3 Å². The van der Waals surface area contributed by atoms with Crippen molar-refractivity contribution in [1.82, 2.24) is 4.98 Å². The number of hydrogen-bond acceptors (Lipinski definition) is 5. The molecule has 3 aromatic rings. The van der Waals surface area contributed by atoms with Crippen LogP contribution in [-0.2, 0) is 10.5 Å². The molecule has 1 N–H and O–H groups in total. The molecule has 0 aliphatic carbocycles. The molecule has 0 atom stereocenters. The number of thioether (sulfide) groups is 1. The number of thiazole rings is 1. The first-order valence-electron chi connectivity index (χ1n) is 8.20. The first-order chi connectivity index (χ1) is 13.0. The van der Waals surface area contributed by atoms with E-state index in [0.29, 0.717) is 17.0 Å². The summed E-state index contributed by atoms with van der Waals surface area (Å²) in [5.74, 6) is 0.452. The molecule has 27 heavy (non-hydrogen) atoms. The maximum Gasteiger partial charge on any atom is 0.234 e. The van der Waals surface area contributed by atoms with E-state index in [9.17, 15) is 14.0 Å². The summed E-state index contributed by atoms with van der Waals surface area (Å²) in [7, 11) is 0. The van der Waals surface area contributed by atoms with E-state index in [-0.39, 0.29) is 23.3 Å². The summed E-state index contributed by atoms with van der Waals surface area (Å²) in [6, 6.07) is 13.1. The van der Waals surface area contributed by atoms with Gasteiger partial charge in [-0.2, -0.15) is 0 Å². The van der Waals surface area contributed by atoms with E-state index in [1.54, 1.807) is 36.4 Å². The van der Waals surface area contributed by atoms with Crippen LogP contribution in [0.2, 0.25) is 0 Å². The number of aromatic nitrogens is 1. The highest BCUT2D eigenvalue weighted by molar-refractivity contribution is 7.99. The van der Waals surface area contributed by atoms with Gasteiger partial charge in [-0.15, -0.1) is 23.1 Å². The van der Waals surface area contributed by atoms with Crippen LogP contribution in [0.5, 0.6) is 0 Å².